The number of hydrogen-bond donors (Lipinski definition) is 3. The molecule has 0 aliphatic rings. The third-order valence-corrected chi connectivity index (χ3v) is 15.2. The molecule has 0 saturated heterocycles. The van der Waals surface area contributed by atoms with Gasteiger partial charge in [-0.3, -0.25) is 13.8 Å². The summed E-state index contributed by atoms with van der Waals surface area (Å²) in [7, 11) is 1.63. The van der Waals surface area contributed by atoms with Gasteiger partial charge in [0, 0.05) is 6.42 Å². The van der Waals surface area contributed by atoms with Crippen LogP contribution in [0.3, 0.4) is 0 Å². The fourth-order valence-corrected chi connectivity index (χ4v) is 10.1. The van der Waals surface area contributed by atoms with Crippen molar-refractivity contribution >= 4 is 13.7 Å². The van der Waals surface area contributed by atoms with Gasteiger partial charge in [-0.25, -0.2) is 4.57 Å². The van der Waals surface area contributed by atoms with Crippen LogP contribution in [-0.2, 0) is 18.4 Å². The number of unbranched alkanes of at least 4 members (excludes halogenated alkanes) is 40. The number of carbonyl (C=O) groups excluding carboxylic acids is 1. The van der Waals surface area contributed by atoms with E-state index in [1.54, 1.807) is 0 Å². The molecule has 0 radical (unpaired) electrons. The van der Waals surface area contributed by atoms with E-state index in [1.807, 2.05) is 21.1 Å². The smallest absolute Gasteiger partial charge is 0.391 e. The molecule has 0 aromatic carbocycles. The maximum absolute atomic E-state index is 13.0. The van der Waals surface area contributed by atoms with E-state index in [2.05, 4.69) is 43.5 Å². The SMILES string of the molecule is CCCCCCC/C=C\C/C=C\CCCCCCCCCCCCCCCCCCCC(=O)NC(COP(=O)(O)OCC[N+](C)(C)C)C(O)CCCCCCCCCCCCCCCCCCCCC. The van der Waals surface area contributed by atoms with E-state index in [0.717, 1.165) is 44.9 Å². The third kappa shape index (κ3) is 54.7. The first-order chi connectivity index (χ1) is 34.0. The Labute approximate surface area is 436 Å². The average molecular weight is 1010 g/mol. The summed E-state index contributed by atoms with van der Waals surface area (Å²) in [5.41, 5.74) is 0. The van der Waals surface area contributed by atoms with Gasteiger partial charge < -0.3 is 19.8 Å². The standard InChI is InChI=1S/C61H121N2O6P/c1-6-8-10-12-14-16-18-20-22-24-26-27-28-29-30-31-32-33-34-35-37-39-41-43-45-47-49-51-53-55-61(65)62-59(58-69-70(66,67)68-57-56-63(3,4)5)60(64)54-52-50-48-46-44-42-40-38-36-25-23-21-19-17-15-13-11-9-7-2/h18,20,24,26,59-60,64H,6-17,19,21-23,25,27-58H2,1-5H3,(H-,62,65,66,67)/p+1/b20-18-,26-24-. The molecule has 416 valence electrons. The van der Waals surface area contributed by atoms with E-state index in [4.69, 9.17) is 9.05 Å². The number of likely N-dealkylation sites (N-methyl/N-ethyl adjacent to an activating group) is 1. The number of hydrogen-bond acceptors (Lipinski definition) is 5. The third-order valence-electron chi connectivity index (χ3n) is 14.2. The van der Waals surface area contributed by atoms with Crippen molar-refractivity contribution in [3.63, 3.8) is 0 Å². The summed E-state index contributed by atoms with van der Waals surface area (Å²) < 4.78 is 23.8. The lowest BCUT2D eigenvalue weighted by Crippen LogP contribution is -2.46. The van der Waals surface area contributed by atoms with Crippen molar-refractivity contribution in [2.45, 2.75) is 321 Å². The molecule has 8 nitrogen and oxygen atoms in total. The van der Waals surface area contributed by atoms with E-state index in [9.17, 15) is 19.4 Å². The van der Waals surface area contributed by atoms with Gasteiger partial charge in [0.2, 0.25) is 5.91 Å². The number of phosphoric ester groups is 1. The minimum atomic E-state index is -4.32. The second kappa shape index (κ2) is 52.8. The van der Waals surface area contributed by atoms with E-state index < -0.39 is 20.0 Å². The van der Waals surface area contributed by atoms with Gasteiger partial charge in [-0.2, -0.15) is 0 Å². The summed E-state index contributed by atoms with van der Waals surface area (Å²) >= 11 is 0. The van der Waals surface area contributed by atoms with Gasteiger partial charge >= 0.3 is 7.82 Å². The van der Waals surface area contributed by atoms with Crippen molar-refractivity contribution in [3.8, 4) is 0 Å². The molecule has 1 amide bonds. The van der Waals surface area contributed by atoms with Crippen LogP contribution in [0.2, 0.25) is 0 Å². The van der Waals surface area contributed by atoms with Crippen LogP contribution in [0.15, 0.2) is 24.3 Å². The number of rotatable bonds is 57. The molecule has 0 spiro atoms. The molecule has 0 fully saturated rings. The lowest BCUT2D eigenvalue weighted by atomic mass is 10.0. The summed E-state index contributed by atoms with van der Waals surface area (Å²) in [6.07, 6.45) is 66.7. The number of phosphoric acid groups is 1. The van der Waals surface area contributed by atoms with Gasteiger partial charge in [0.05, 0.1) is 39.9 Å². The van der Waals surface area contributed by atoms with E-state index in [-0.39, 0.29) is 19.1 Å². The molecule has 0 aromatic rings. The van der Waals surface area contributed by atoms with Gasteiger partial charge in [0.15, 0.2) is 0 Å². The fraction of sp³-hybridized carbons (Fsp3) is 0.918. The summed E-state index contributed by atoms with van der Waals surface area (Å²) in [6, 6.07) is -0.759. The van der Waals surface area contributed by atoms with Crippen LogP contribution < -0.4 is 5.32 Å². The second-order valence-electron chi connectivity index (χ2n) is 22.4. The van der Waals surface area contributed by atoms with Crippen LogP contribution in [-0.4, -0.2) is 73.4 Å². The highest BCUT2D eigenvalue weighted by Crippen LogP contribution is 2.43. The number of amides is 1. The zero-order valence-electron chi connectivity index (χ0n) is 47.5. The van der Waals surface area contributed by atoms with Gasteiger partial charge in [-0.05, 0) is 44.9 Å². The summed E-state index contributed by atoms with van der Waals surface area (Å²) in [4.78, 5) is 23.4. The Morgan fingerprint density at radius 2 is 0.814 bits per heavy atom. The zero-order chi connectivity index (χ0) is 51.3. The minimum Gasteiger partial charge on any atom is -0.391 e. The predicted octanol–water partition coefficient (Wildman–Crippen LogP) is 18.8. The second-order valence-corrected chi connectivity index (χ2v) is 23.9. The topological polar surface area (TPSA) is 105 Å². The first kappa shape index (κ1) is 69.0. The molecule has 9 heteroatoms. The van der Waals surface area contributed by atoms with Gasteiger partial charge in [-0.1, -0.05) is 282 Å². The Kier molecular flexibility index (Phi) is 52.1. The summed E-state index contributed by atoms with van der Waals surface area (Å²) in [5.74, 6) is -0.138. The lowest BCUT2D eigenvalue weighted by Gasteiger charge is -2.26. The number of quaternary nitrogens is 1. The molecule has 3 unspecified atom stereocenters. The maximum atomic E-state index is 13.0. The monoisotopic (exact) mass is 1010 g/mol. The Bertz CT molecular complexity index is 1190. The molecule has 3 atom stereocenters. The fourth-order valence-electron chi connectivity index (χ4n) is 9.37. The number of aliphatic hydroxyl groups excluding tert-OH is 1. The number of allylic oxidation sites excluding steroid dienone is 4. The van der Waals surface area contributed by atoms with Crippen molar-refractivity contribution in [3.05, 3.63) is 24.3 Å². The Morgan fingerprint density at radius 3 is 1.17 bits per heavy atom. The van der Waals surface area contributed by atoms with Crippen LogP contribution in [0.25, 0.3) is 0 Å². The van der Waals surface area contributed by atoms with E-state index in [1.165, 1.54) is 238 Å². The summed E-state index contributed by atoms with van der Waals surface area (Å²) in [6.45, 7) is 4.92. The molecular formula is C61H122N2O6P+. The number of nitrogens with one attached hydrogen (secondary N) is 1. The molecule has 0 rings (SSSR count). The van der Waals surface area contributed by atoms with Crippen LogP contribution in [0.4, 0.5) is 0 Å². The van der Waals surface area contributed by atoms with Gasteiger partial charge in [0.1, 0.15) is 13.2 Å². The number of carbonyl (C=O) groups is 1. The van der Waals surface area contributed by atoms with Crippen LogP contribution in [0, 0.1) is 0 Å². The first-order valence-corrected chi connectivity index (χ1v) is 32.2. The quantitative estimate of drug-likeness (QED) is 0.0243. The van der Waals surface area contributed by atoms with E-state index >= 15 is 0 Å². The highest BCUT2D eigenvalue weighted by atomic mass is 31.2. The van der Waals surface area contributed by atoms with Crippen molar-refractivity contribution < 1.29 is 32.9 Å². The van der Waals surface area contributed by atoms with Crippen molar-refractivity contribution in [2.24, 2.45) is 0 Å². The number of nitrogens with zero attached hydrogens (tertiary/aromatic N) is 1. The van der Waals surface area contributed by atoms with Crippen LogP contribution in [0.5, 0.6) is 0 Å². The van der Waals surface area contributed by atoms with Crippen LogP contribution in [0.1, 0.15) is 309 Å². The molecule has 0 aromatic heterocycles. The normalized spacial score (nSPS) is 14.0. The van der Waals surface area contributed by atoms with Gasteiger partial charge in [0.25, 0.3) is 0 Å². The molecule has 0 heterocycles. The summed E-state index contributed by atoms with van der Waals surface area (Å²) in [5, 5.41) is 14.1. The minimum absolute atomic E-state index is 0.0770. The Balaban J connectivity index is 4.07. The predicted molar refractivity (Wildman–Crippen MR) is 305 cm³/mol. The molecule has 0 aliphatic heterocycles. The van der Waals surface area contributed by atoms with Crippen molar-refractivity contribution in [1.82, 2.24) is 5.32 Å². The highest BCUT2D eigenvalue weighted by Gasteiger charge is 2.28. The largest absolute Gasteiger partial charge is 0.472 e. The molecule has 0 bridgehead atoms. The van der Waals surface area contributed by atoms with Crippen molar-refractivity contribution in [2.75, 3.05) is 40.9 Å². The van der Waals surface area contributed by atoms with E-state index in [0.29, 0.717) is 23.9 Å². The molecule has 3 N–H and O–H groups in total. The Hall–Kier alpha value is -1.02. The maximum Gasteiger partial charge on any atom is 0.472 e. The first-order valence-electron chi connectivity index (χ1n) is 30.7. The molecule has 70 heavy (non-hydrogen) atoms. The molecule has 0 saturated carbocycles. The number of aliphatic hydroxyl groups is 1. The lowest BCUT2D eigenvalue weighted by molar-refractivity contribution is -0.870. The van der Waals surface area contributed by atoms with Crippen molar-refractivity contribution in [1.29, 1.82) is 0 Å². The highest BCUT2D eigenvalue weighted by molar-refractivity contribution is 7.47. The van der Waals surface area contributed by atoms with Crippen LogP contribution >= 0.6 is 7.82 Å². The zero-order valence-corrected chi connectivity index (χ0v) is 48.4. The average Bonchev–Trinajstić information content (AvgIpc) is 3.32. The van der Waals surface area contributed by atoms with Gasteiger partial charge in [-0.15, -0.1) is 0 Å². The molecule has 0 aliphatic carbocycles. The molecular weight excluding hydrogens is 888 g/mol. The Morgan fingerprint density at radius 1 is 0.486 bits per heavy atom.